The Morgan fingerprint density at radius 3 is 1.00 bits per heavy atom. The van der Waals surface area contributed by atoms with Crippen LogP contribution in [-0.4, -0.2) is 8.14 Å². The molecular weight excluding hydrogens is 233 g/mol. The van der Waals surface area contributed by atoms with Crippen LogP contribution in [0.15, 0.2) is 0 Å². The normalized spacial score (nSPS) is 19.2. The summed E-state index contributed by atoms with van der Waals surface area (Å²) >= 11 is 0. The molecule has 0 aromatic heterocycles. The van der Waals surface area contributed by atoms with E-state index in [9.17, 15) is 0 Å². The zero-order chi connectivity index (χ0) is 5.45. The van der Waals surface area contributed by atoms with Crippen molar-refractivity contribution in [3.63, 3.8) is 0 Å². The van der Waals surface area contributed by atoms with Crippen molar-refractivity contribution in [1.82, 2.24) is 0 Å². The Labute approximate surface area is 54.2 Å². The summed E-state index contributed by atoms with van der Waals surface area (Å²) in [6.07, 6.45) is 0. The second-order valence-corrected chi connectivity index (χ2v) is 26.0. The second-order valence-electron chi connectivity index (χ2n) is 0.967. The van der Waals surface area contributed by atoms with Crippen LogP contribution in [0, 0.1) is 0 Å². The summed E-state index contributed by atoms with van der Waals surface area (Å²) in [5, 5.41) is 0. The maximum atomic E-state index is 5.25. The van der Waals surface area contributed by atoms with E-state index in [0.29, 0.717) is 0 Å². The van der Waals surface area contributed by atoms with Gasteiger partial charge in [0.15, 0.2) is 0 Å². The summed E-state index contributed by atoms with van der Waals surface area (Å²) in [5.74, 6) is 1.44. The van der Waals surface area contributed by atoms with E-state index in [1.165, 1.54) is 5.82 Å². The van der Waals surface area contributed by atoms with Crippen molar-refractivity contribution in [3.8, 4) is 0 Å². The molecule has 0 aromatic carbocycles. The minimum absolute atomic E-state index is 1.44. The molecule has 0 spiro atoms. The third kappa shape index (κ3) is 44.1. The van der Waals surface area contributed by atoms with Crippen LogP contribution in [0.5, 0.6) is 0 Å². The second kappa shape index (κ2) is 1.58. The molecule has 0 aliphatic carbocycles. The zero-order valence-corrected chi connectivity index (χ0v) is 7.66. The molecule has 5 heteroatoms. The van der Waals surface area contributed by atoms with Gasteiger partial charge in [0, 0.05) is 0 Å². The molecule has 0 aliphatic heterocycles. The summed E-state index contributed by atoms with van der Waals surface area (Å²) in [7, 11) is 17.5. The van der Waals surface area contributed by atoms with Crippen LogP contribution in [0.4, 0.5) is 0 Å². The predicted octanol–water partition coefficient (Wildman–Crippen LogP) is 2.96. The first-order valence-electron chi connectivity index (χ1n) is 1.03. The van der Waals surface area contributed by atoms with Gasteiger partial charge in [0.25, 0.3) is 0 Å². The molecule has 0 rings (SSSR count). The van der Waals surface area contributed by atoms with Gasteiger partial charge in [-0.25, -0.2) is 0 Å². The van der Waals surface area contributed by atoms with Crippen molar-refractivity contribution in [2.24, 2.45) is 0 Å². The monoisotopic (exact) mass is 235 g/mol. The molecule has 0 bridgehead atoms. The summed E-state index contributed by atoms with van der Waals surface area (Å²) < 4.78 is 0. The fourth-order valence-corrected chi connectivity index (χ4v) is 0. The van der Waals surface area contributed by atoms with E-state index in [-0.39, 0.29) is 0 Å². The van der Waals surface area contributed by atoms with Gasteiger partial charge in [-0.1, -0.05) is 0 Å². The first-order valence-corrected chi connectivity index (χ1v) is 11.7. The van der Waals surface area contributed by atoms with Gasteiger partial charge in [0.2, 0.25) is 0 Å². The molecule has 0 saturated carbocycles. The van der Waals surface area contributed by atoms with Crippen LogP contribution in [0.2, 0.25) is 5.82 Å². The Morgan fingerprint density at radius 1 is 1.00 bits per heavy atom. The molecular formula is CH3Cl4Se. The van der Waals surface area contributed by atoms with Crippen LogP contribution in [0.25, 0.3) is 0 Å². The van der Waals surface area contributed by atoms with Crippen molar-refractivity contribution >= 4 is 48.5 Å². The maximum absolute atomic E-state index is 5.25. The number of rotatable bonds is 0. The van der Waals surface area contributed by atoms with Gasteiger partial charge in [-0.3, -0.25) is 0 Å². The molecule has 6 heavy (non-hydrogen) atoms. The van der Waals surface area contributed by atoms with Gasteiger partial charge in [0.1, 0.15) is 0 Å². The van der Waals surface area contributed by atoms with Crippen molar-refractivity contribution in [2.45, 2.75) is 5.82 Å². The third-order valence-electron chi connectivity index (χ3n) is 0. The Morgan fingerprint density at radius 2 is 1.00 bits per heavy atom. The van der Waals surface area contributed by atoms with Gasteiger partial charge in [0.05, 0.1) is 0 Å². The summed E-state index contributed by atoms with van der Waals surface area (Å²) in [6, 6.07) is 0. The molecule has 0 fully saturated rings. The minimum atomic E-state index is -3.49. The average Bonchev–Trinajstić information content (AvgIpc) is 0.650. The molecule has 0 N–H and O–H groups in total. The predicted molar refractivity (Wildman–Crippen MR) is 35.0 cm³/mol. The van der Waals surface area contributed by atoms with Crippen LogP contribution in [0.3, 0.4) is 0 Å². The molecule has 1 radical (unpaired) electrons. The van der Waals surface area contributed by atoms with Crippen molar-refractivity contribution in [2.75, 3.05) is 0 Å². The van der Waals surface area contributed by atoms with Gasteiger partial charge < -0.3 is 0 Å². The Kier molecular flexibility index (Phi) is 2.02. The van der Waals surface area contributed by atoms with Crippen LogP contribution >= 0.6 is 40.4 Å². The van der Waals surface area contributed by atoms with Crippen molar-refractivity contribution < 1.29 is 0 Å². The molecule has 0 nitrogen and oxygen atoms in total. The van der Waals surface area contributed by atoms with Crippen LogP contribution in [0.1, 0.15) is 0 Å². The summed E-state index contributed by atoms with van der Waals surface area (Å²) in [5.41, 5.74) is 0. The third-order valence-corrected chi connectivity index (χ3v) is 0. The number of hydrogen-bond donors (Lipinski definition) is 0. The van der Waals surface area contributed by atoms with Crippen LogP contribution in [-0.2, 0) is 0 Å². The summed E-state index contributed by atoms with van der Waals surface area (Å²) in [6.45, 7) is 0. The van der Waals surface area contributed by atoms with E-state index in [1.807, 2.05) is 0 Å². The van der Waals surface area contributed by atoms with E-state index in [1.54, 1.807) is 0 Å². The zero-order valence-electron chi connectivity index (χ0n) is 2.92. The van der Waals surface area contributed by atoms with Gasteiger partial charge in [-0.15, -0.1) is 0 Å². The van der Waals surface area contributed by atoms with E-state index in [0.717, 1.165) is 0 Å². The first kappa shape index (κ1) is 7.68. The first-order chi connectivity index (χ1) is 2.24. The van der Waals surface area contributed by atoms with Gasteiger partial charge >= 0.3 is 54.4 Å². The quantitative estimate of drug-likeness (QED) is 0.567. The Hall–Kier alpha value is 1.68. The van der Waals surface area contributed by atoms with Gasteiger partial charge in [-0.05, 0) is 0 Å². The molecule has 0 aromatic rings. The fourth-order valence-electron chi connectivity index (χ4n) is 0. The van der Waals surface area contributed by atoms with E-state index in [2.05, 4.69) is 0 Å². The average molecular weight is 236 g/mol. The topological polar surface area (TPSA) is 0 Å². The number of hydrogen-bond acceptors (Lipinski definition) is 0. The molecule has 0 heterocycles. The SMILES string of the molecule is C[Se](Cl)(Cl)(Cl)Cl. The van der Waals surface area contributed by atoms with E-state index >= 15 is 0 Å². The molecule has 0 aliphatic rings. The summed E-state index contributed by atoms with van der Waals surface area (Å²) in [4.78, 5) is 0. The number of halogens is 4. The van der Waals surface area contributed by atoms with Gasteiger partial charge in [-0.2, -0.15) is 0 Å². The molecule has 0 amide bonds. The molecule has 0 unspecified atom stereocenters. The van der Waals surface area contributed by atoms with E-state index in [4.69, 9.17) is 40.4 Å². The standard InChI is InChI=1S/CH3Cl4Se/c1-6(2,3,4)5/h1H3. The van der Waals surface area contributed by atoms with Crippen molar-refractivity contribution in [1.29, 1.82) is 0 Å². The van der Waals surface area contributed by atoms with Crippen LogP contribution < -0.4 is 0 Å². The van der Waals surface area contributed by atoms with Crippen molar-refractivity contribution in [3.05, 3.63) is 0 Å². The molecule has 0 saturated heterocycles. The molecule has 41 valence electrons. The molecule has 0 atom stereocenters. The van der Waals surface area contributed by atoms with E-state index < -0.39 is 8.14 Å². The Balaban J connectivity index is 3.73. The fraction of sp³-hybridized carbons (Fsp3) is 1.00. The Bertz CT molecular complexity index is 40.7.